The van der Waals surface area contributed by atoms with Crippen molar-refractivity contribution in [1.29, 1.82) is 0 Å². The van der Waals surface area contributed by atoms with E-state index in [4.69, 9.17) is 0 Å². The molecule has 2 aromatic rings. The Hall–Kier alpha value is -1.81. The quantitative estimate of drug-likeness (QED) is 0.897. The van der Waals surface area contributed by atoms with E-state index < -0.39 is 0 Å². The highest BCUT2D eigenvalue weighted by Gasteiger charge is 2.14. The summed E-state index contributed by atoms with van der Waals surface area (Å²) in [6, 6.07) is 7.15. The number of hydrogen-bond donors (Lipinski definition) is 2. The average molecular weight is 270 g/mol. The van der Waals surface area contributed by atoms with Crippen molar-refractivity contribution in [2.45, 2.75) is 32.4 Å². The van der Waals surface area contributed by atoms with Crippen molar-refractivity contribution >= 4 is 5.69 Å². The SMILES string of the molecule is CC(NCc1ccc2c(c1)CCCN2C)c1cn[nH]c1. The van der Waals surface area contributed by atoms with Crippen molar-refractivity contribution in [2.75, 3.05) is 18.5 Å². The van der Waals surface area contributed by atoms with Crippen LogP contribution in [0.3, 0.4) is 0 Å². The Labute approximate surface area is 120 Å². The topological polar surface area (TPSA) is 44.0 Å². The van der Waals surface area contributed by atoms with Crippen LogP contribution in [-0.2, 0) is 13.0 Å². The fourth-order valence-electron chi connectivity index (χ4n) is 2.84. The Balaban J connectivity index is 1.66. The minimum Gasteiger partial charge on any atom is -0.374 e. The van der Waals surface area contributed by atoms with E-state index in [0.29, 0.717) is 6.04 Å². The van der Waals surface area contributed by atoms with Crippen LogP contribution in [-0.4, -0.2) is 23.8 Å². The minimum atomic E-state index is 0.312. The molecule has 0 saturated carbocycles. The Morgan fingerprint density at radius 1 is 1.45 bits per heavy atom. The van der Waals surface area contributed by atoms with Gasteiger partial charge in [-0.15, -0.1) is 0 Å². The lowest BCUT2D eigenvalue weighted by Gasteiger charge is -2.28. The Morgan fingerprint density at radius 3 is 3.15 bits per heavy atom. The van der Waals surface area contributed by atoms with Crippen LogP contribution >= 0.6 is 0 Å². The largest absolute Gasteiger partial charge is 0.374 e. The molecule has 1 aromatic heterocycles. The summed E-state index contributed by atoms with van der Waals surface area (Å²) in [6.45, 7) is 4.22. The van der Waals surface area contributed by atoms with Gasteiger partial charge in [0.2, 0.25) is 0 Å². The zero-order valence-corrected chi connectivity index (χ0v) is 12.2. The van der Waals surface area contributed by atoms with Gasteiger partial charge in [-0.2, -0.15) is 5.10 Å². The van der Waals surface area contributed by atoms with Crippen LogP contribution < -0.4 is 10.2 Å². The number of H-pyrrole nitrogens is 1. The summed E-state index contributed by atoms with van der Waals surface area (Å²) in [5.41, 5.74) is 5.42. The number of rotatable bonds is 4. The second kappa shape index (κ2) is 5.67. The second-order valence-electron chi connectivity index (χ2n) is 5.62. The number of aromatic nitrogens is 2. The van der Waals surface area contributed by atoms with Crippen LogP contribution in [0.2, 0.25) is 0 Å². The Morgan fingerprint density at radius 2 is 2.35 bits per heavy atom. The predicted octanol–water partition coefficient (Wildman–Crippen LogP) is 2.64. The molecule has 1 aliphatic heterocycles. The lowest BCUT2D eigenvalue weighted by Crippen LogP contribution is -2.25. The summed E-state index contributed by atoms with van der Waals surface area (Å²) in [5, 5.41) is 10.4. The fraction of sp³-hybridized carbons (Fsp3) is 0.438. The number of hydrogen-bond acceptors (Lipinski definition) is 3. The molecule has 0 amide bonds. The van der Waals surface area contributed by atoms with Gasteiger partial charge in [0.05, 0.1) is 6.20 Å². The van der Waals surface area contributed by atoms with Gasteiger partial charge in [-0.3, -0.25) is 5.10 Å². The lowest BCUT2D eigenvalue weighted by atomic mass is 9.99. The number of anilines is 1. The highest BCUT2D eigenvalue weighted by Crippen LogP contribution is 2.26. The van der Waals surface area contributed by atoms with Crippen molar-refractivity contribution < 1.29 is 0 Å². The molecule has 1 aliphatic rings. The third-order valence-electron chi connectivity index (χ3n) is 4.13. The Kier molecular flexibility index (Phi) is 3.74. The molecule has 20 heavy (non-hydrogen) atoms. The summed E-state index contributed by atoms with van der Waals surface area (Å²) >= 11 is 0. The van der Waals surface area contributed by atoms with Gasteiger partial charge in [-0.05, 0) is 37.0 Å². The molecule has 1 atom stereocenters. The highest BCUT2D eigenvalue weighted by molar-refractivity contribution is 5.56. The summed E-state index contributed by atoms with van der Waals surface area (Å²) in [7, 11) is 2.18. The summed E-state index contributed by atoms with van der Waals surface area (Å²) in [5.74, 6) is 0. The molecule has 3 rings (SSSR count). The lowest BCUT2D eigenvalue weighted by molar-refractivity contribution is 0.574. The number of aromatic amines is 1. The molecule has 0 spiro atoms. The van der Waals surface area contributed by atoms with E-state index in [9.17, 15) is 0 Å². The van der Waals surface area contributed by atoms with E-state index in [0.717, 1.165) is 6.54 Å². The molecule has 4 heteroatoms. The number of nitrogens with one attached hydrogen (secondary N) is 2. The van der Waals surface area contributed by atoms with Gasteiger partial charge in [0, 0.05) is 43.6 Å². The molecule has 2 heterocycles. The summed E-state index contributed by atoms with van der Waals surface area (Å²) in [4.78, 5) is 2.35. The predicted molar refractivity (Wildman–Crippen MR) is 81.9 cm³/mol. The van der Waals surface area contributed by atoms with Gasteiger partial charge in [-0.1, -0.05) is 12.1 Å². The van der Waals surface area contributed by atoms with Crippen LogP contribution in [0.25, 0.3) is 0 Å². The number of aryl methyl sites for hydroxylation is 1. The van der Waals surface area contributed by atoms with Gasteiger partial charge >= 0.3 is 0 Å². The molecular formula is C16H22N4. The maximum absolute atomic E-state index is 3.99. The number of fused-ring (bicyclic) bond motifs is 1. The molecule has 106 valence electrons. The molecular weight excluding hydrogens is 248 g/mol. The van der Waals surface area contributed by atoms with Gasteiger partial charge in [0.15, 0.2) is 0 Å². The highest BCUT2D eigenvalue weighted by atomic mass is 15.1. The third-order valence-corrected chi connectivity index (χ3v) is 4.13. The minimum absolute atomic E-state index is 0.312. The van der Waals surface area contributed by atoms with E-state index in [1.54, 1.807) is 0 Å². The fourth-order valence-corrected chi connectivity index (χ4v) is 2.84. The monoisotopic (exact) mass is 270 g/mol. The smallest absolute Gasteiger partial charge is 0.0534 e. The van der Waals surface area contributed by atoms with Crippen molar-refractivity contribution in [2.24, 2.45) is 0 Å². The van der Waals surface area contributed by atoms with Crippen LogP contribution in [0.1, 0.15) is 36.1 Å². The summed E-state index contributed by atoms with van der Waals surface area (Å²) in [6.07, 6.45) is 6.27. The van der Waals surface area contributed by atoms with Gasteiger partial charge < -0.3 is 10.2 Å². The van der Waals surface area contributed by atoms with Crippen LogP contribution in [0, 0.1) is 0 Å². The van der Waals surface area contributed by atoms with Gasteiger partial charge in [0.1, 0.15) is 0 Å². The van der Waals surface area contributed by atoms with Gasteiger partial charge in [0.25, 0.3) is 0 Å². The zero-order valence-electron chi connectivity index (χ0n) is 12.2. The molecule has 1 aromatic carbocycles. The van der Waals surface area contributed by atoms with Crippen molar-refractivity contribution in [1.82, 2.24) is 15.5 Å². The van der Waals surface area contributed by atoms with Crippen LogP contribution in [0.15, 0.2) is 30.6 Å². The van der Waals surface area contributed by atoms with Gasteiger partial charge in [-0.25, -0.2) is 0 Å². The average Bonchev–Trinajstić information content (AvgIpc) is 2.99. The van der Waals surface area contributed by atoms with Crippen LogP contribution in [0.5, 0.6) is 0 Å². The molecule has 0 aliphatic carbocycles. The molecule has 0 radical (unpaired) electrons. The molecule has 4 nitrogen and oxygen atoms in total. The first-order valence-electron chi connectivity index (χ1n) is 7.29. The summed E-state index contributed by atoms with van der Waals surface area (Å²) < 4.78 is 0. The first-order valence-corrected chi connectivity index (χ1v) is 7.29. The number of benzene rings is 1. The van der Waals surface area contributed by atoms with Crippen LogP contribution in [0.4, 0.5) is 5.69 Å². The number of nitrogens with zero attached hydrogens (tertiary/aromatic N) is 2. The zero-order chi connectivity index (χ0) is 13.9. The second-order valence-corrected chi connectivity index (χ2v) is 5.62. The van der Waals surface area contributed by atoms with Crippen molar-refractivity contribution in [3.63, 3.8) is 0 Å². The first kappa shape index (κ1) is 13.2. The molecule has 2 N–H and O–H groups in total. The third kappa shape index (κ3) is 2.70. The van der Waals surface area contributed by atoms with E-state index in [2.05, 4.69) is 52.6 Å². The van der Waals surface area contributed by atoms with E-state index >= 15 is 0 Å². The first-order chi connectivity index (χ1) is 9.74. The van der Waals surface area contributed by atoms with E-state index in [-0.39, 0.29) is 0 Å². The van der Waals surface area contributed by atoms with E-state index in [1.165, 1.54) is 41.8 Å². The standard InChI is InChI=1S/C16H22N4/c1-12(15-10-18-19-11-15)17-9-13-5-6-16-14(8-13)4-3-7-20(16)2/h5-6,8,10-12,17H,3-4,7,9H2,1-2H3,(H,18,19). The normalized spacial score (nSPS) is 16.0. The maximum atomic E-state index is 3.99. The molecule has 1 unspecified atom stereocenters. The maximum Gasteiger partial charge on any atom is 0.0534 e. The van der Waals surface area contributed by atoms with Crippen molar-refractivity contribution in [3.05, 3.63) is 47.3 Å². The molecule has 0 bridgehead atoms. The Bertz CT molecular complexity index is 562. The van der Waals surface area contributed by atoms with E-state index in [1.807, 2.05) is 12.4 Å². The molecule has 0 fully saturated rings. The molecule has 0 saturated heterocycles. The van der Waals surface area contributed by atoms with Crippen molar-refractivity contribution in [3.8, 4) is 0 Å².